The zero-order valence-corrected chi connectivity index (χ0v) is 9.55. The monoisotopic (exact) mass is 228 g/mol. The summed E-state index contributed by atoms with van der Waals surface area (Å²) < 4.78 is 0. The number of alkyl halides is 1. The van der Waals surface area contributed by atoms with E-state index in [9.17, 15) is 0 Å². The van der Waals surface area contributed by atoms with Crippen molar-refractivity contribution in [2.75, 3.05) is 0 Å². The van der Waals surface area contributed by atoms with Gasteiger partial charge < -0.3 is 0 Å². The molecule has 2 heterocycles. The average Bonchev–Trinajstić information content (AvgIpc) is 2.72. The summed E-state index contributed by atoms with van der Waals surface area (Å²) in [4.78, 5) is 2.55. The van der Waals surface area contributed by atoms with Crippen LogP contribution in [0.25, 0.3) is 0 Å². The van der Waals surface area contributed by atoms with E-state index in [4.69, 9.17) is 11.6 Å². The molecule has 2 aromatic rings. The van der Waals surface area contributed by atoms with Crippen LogP contribution >= 0.6 is 34.3 Å². The lowest BCUT2D eigenvalue weighted by Gasteiger charge is -2.03. The highest BCUT2D eigenvalue weighted by atomic mass is 35.5. The van der Waals surface area contributed by atoms with Gasteiger partial charge in [0.05, 0.1) is 5.38 Å². The number of hydrogen-bond donors (Lipinski definition) is 0. The molecule has 0 saturated heterocycles. The fourth-order valence-electron chi connectivity index (χ4n) is 1.17. The second kappa shape index (κ2) is 3.82. The summed E-state index contributed by atoms with van der Waals surface area (Å²) in [7, 11) is 0. The Morgan fingerprint density at radius 1 is 1.31 bits per heavy atom. The third kappa shape index (κ3) is 1.96. The number of thiophene rings is 2. The van der Waals surface area contributed by atoms with E-state index in [2.05, 4.69) is 35.9 Å². The van der Waals surface area contributed by atoms with Crippen molar-refractivity contribution in [3.63, 3.8) is 0 Å². The third-order valence-corrected chi connectivity index (χ3v) is 4.23. The second-order valence-electron chi connectivity index (χ2n) is 2.87. The van der Waals surface area contributed by atoms with Crippen LogP contribution in [-0.2, 0) is 0 Å². The first-order chi connectivity index (χ1) is 6.27. The van der Waals surface area contributed by atoms with E-state index in [1.165, 1.54) is 15.3 Å². The predicted molar refractivity (Wildman–Crippen MR) is 61.1 cm³/mol. The summed E-state index contributed by atoms with van der Waals surface area (Å²) in [5.41, 5.74) is 1.20. The van der Waals surface area contributed by atoms with Gasteiger partial charge >= 0.3 is 0 Å². The smallest absolute Gasteiger partial charge is 0.0935 e. The molecular formula is C10H9ClS2. The summed E-state index contributed by atoms with van der Waals surface area (Å²) in [6.45, 7) is 2.10. The van der Waals surface area contributed by atoms with Crippen molar-refractivity contribution in [2.45, 2.75) is 12.3 Å². The molecular weight excluding hydrogens is 220 g/mol. The van der Waals surface area contributed by atoms with Crippen molar-refractivity contribution in [1.29, 1.82) is 0 Å². The van der Waals surface area contributed by atoms with Crippen LogP contribution in [0.3, 0.4) is 0 Å². The summed E-state index contributed by atoms with van der Waals surface area (Å²) in [6.07, 6.45) is 0. The Morgan fingerprint density at radius 3 is 2.69 bits per heavy atom. The number of rotatable bonds is 2. The van der Waals surface area contributed by atoms with Gasteiger partial charge in [0.15, 0.2) is 0 Å². The van der Waals surface area contributed by atoms with Crippen molar-refractivity contribution in [2.24, 2.45) is 0 Å². The van der Waals surface area contributed by atoms with Crippen LogP contribution in [-0.4, -0.2) is 0 Å². The standard InChI is InChI=1S/C10H9ClS2/c1-7-2-3-9(13-7)10(11)8-4-5-12-6-8/h2-6,10H,1H3. The molecule has 0 nitrogen and oxygen atoms in total. The lowest BCUT2D eigenvalue weighted by atomic mass is 10.2. The van der Waals surface area contributed by atoms with Gasteiger partial charge in [0.1, 0.15) is 0 Å². The van der Waals surface area contributed by atoms with Crippen molar-refractivity contribution in [1.82, 2.24) is 0 Å². The van der Waals surface area contributed by atoms with Gasteiger partial charge in [0, 0.05) is 9.75 Å². The van der Waals surface area contributed by atoms with E-state index in [-0.39, 0.29) is 5.38 Å². The van der Waals surface area contributed by atoms with Crippen LogP contribution in [0.2, 0.25) is 0 Å². The fraction of sp³-hybridized carbons (Fsp3) is 0.200. The molecule has 0 bridgehead atoms. The molecule has 68 valence electrons. The molecule has 0 aliphatic rings. The normalized spacial score (nSPS) is 13.1. The zero-order chi connectivity index (χ0) is 9.26. The SMILES string of the molecule is Cc1ccc(C(Cl)c2ccsc2)s1. The van der Waals surface area contributed by atoms with Gasteiger partial charge in [-0.05, 0) is 41.4 Å². The van der Waals surface area contributed by atoms with Crippen molar-refractivity contribution in [3.05, 3.63) is 44.3 Å². The van der Waals surface area contributed by atoms with Gasteiger partial charge in [-0.25, -0.2) is 0 Å². The van der Waals surface area contributed by atoms with E-state index < -0.39 is 0 Å². The maximum atomic E-state index is 6.30. The quantitative estimate of drug-likeness (QED) is 0.667. The molecule has 3 heteroatoms. The van der Waals surface area contributed by atoms with Crippen LogP contribution in [0.5, 0.6) is 0 Å². The highest BCUT2D eigenvalue weighted by molar-refractivity contribution is 7.12. The molecule has 2 aromatic heterocycles. The fourth-order valence-corrected chi connectivity index (χ4v) is 3.16. The summed E-state index contributed by atoms with van der Waals surface area (Å²) in [5, 5.41) is 4.20. The topological polar surface area (TPSA) is 0 Å². The molecule has 0 saturated carbocycles. The van der Waals surface area contributed by atoms with Gasteiger partial charge in [-0.15, -0.1) is 22.9 Å². The van der Waals surface area contributed by atoms with Crippen LogP contribution in [0.15, 0.2) is 29.0 Å². The highest BCUT2D eigenvalue weighted by Gasteiger charge is 2.12. The molecule has 13 heavy (non-hydrogen) atoms. The second-order valence-corrected chi connectivity index (χ2v) is 5.40. The molecule has 2 rings (SSSR count). The summed E-state index contributed by atoms with van der Waals surface area (Å²) in [5.74, 6) is 0. The number of aryl methyl sites for hydroxylation is 1. The first-order valence-corrected chi connectivity index (χ1v) is 6.19. The lowest BCUT2D eigenvalue weighted by molar-refractivity contribution is 1.20. The van der Waals surface area contributed by atoms with Gasteiger partial charge in [-0.3, -0.25) is 0 Å². The van der Waals surface area contributed by atoms with Gasteiger partial charge in [-0.1, -0.05) is 0 Å². The zero-order valence-electron chi connectivity index (χ0n) is 7.16. The molecule has 1 atom stereocenters. The maximum Gasteiger partial charge on any atom is 0.0935 e. The molecule has 0 N–H and O–H groups in total. The largest absolute Gasteiger partial charge is 0.152 e. The van der Waals surface area contributed by atoms with Crippen molar-refractivity contribution >= 4 is 34.3 Å². The van der Waals surface area contributed by atoms with Gasteiger partial charge in [0.25, 0.3) is 0 Å². The van der Waals surface area contributed by atoms with Crippen LogP contribution in [0.1, 0.15) is 20.7 Å². The molecule has 0 fully saturated rings. The Morgan fingerprint density at radius 2 is 2.15 bits per heavy atom. The predicted octanol–water partition coefficient (Wildman–Crippen LogP) is 4.45. The van der Waals surface area contributed by atoms with E-state index in [1.807, 2.05) is 0 Å². The highest BCUT2D eigenvalue weighted by Crippen LogP contribution is 2.34. The Bertz CT molecular complexity index is 375. The van der Waals surface area contributed by atoms with Gasteiger partial charge in [-0.2, -0.15) is 11.3 Å². The van der Waals surface area contributed by atoms with Crippen LogP contribution in [0.4, 0.5) is 0 Å². The summed E-state index contributed by atoms with van der Waals surface area (Å²) >= 11 is 9.76. The van der Waals surface area contributed by atoms with Gasteiger partial charge in [0.2, 0.25) is 0 Å². The van der Waals surface area contributed by atoms with Crippen molar-refractivity contribution < 1.29 is 0 Å². The first-order valence-electron chi connectivity index (χ1n) is 4.00. The molecule has 0 aliphatic heterocycles. The molecule has 0 aromatic carbocycles. The van der Waals surface area contributed by atoms with Crippen LogP contribution in [0, 0.1) is 6.92 Å². The first kappa shape index (κ1) is 9.25. The lowest BCUT2D eigenvalue weighted by Crippen LogP contribution is -1.85. The van der Waals surface area contributed by atoms with E-state index >= 15 is 0 Å². The molecule has 0 radical (unpaired) electrons. The van der Waals surface area contributed by atoms with E-state index in [0.29, 0.717) is 0 Å². The Balaban J connectivity index is 2.28. The minimum atomic E-state index is 0.0324. The van der Waals surface area contributed by atoms with Crippen molar-refractivity contribution in [3.8, 4) is 0 Å². The maximum absolute atomic E-state index is 6.30. The molecule has 0 amide bonds. The molecule has 0 aliphatic carbocycles. The Kier molecular flexibility index (Phi) is 2.72. The average molecular weight is 229 g/mol. The number of halogens is 1. The minimum Gasteiger partial charge on any atom is -0.152 e. The van der Waals surface area contributed by atoms with Crippen LogP contribution < -0.4 is 0 Å². The Hall–Kier alpha value is -0.310. The molecule has 0 spiro atoms. The Labute approximate surface area is 90.8 Å². The van der Waals surface area contributed by atoms with E-state index in [1.54, 1.807) is 22.7 Å². The minimum absolute atomic E-state index is 0.0324. The number of hydrogen-bond acceptors (Lipinski definition) is 2. The third-order valence-electron chi connectivity index (χ3n) is 1.85. The molecule has 1 unspecified atom stereocenters. The summed E-state index contributed by atoms with van der Waals surface area (Å²) in [6, 6.07) is 6.30. The van der Waals surface area contributed by atoms with E-state index in [0.717, 1.165) is 0 Å².